The van der Waals surface area contributed by atoms with E-state index in [0.29, 0.717) is 21.8 Å². The summed E-state index contributed by atoms with van der Waals surface area (Å²) in [5.74, 6) is -0.687. The number of hydrogen-bond donors (Lipinski definition) is 0. The highest BCUT2D eigenvalue weighted by Crippen LogP contribution is 2.41. The van der Waals surface area contributed by atoms with Gasteiger partial charge >= 0.3 is 5.97 Å². The summed E-state index contributed by atoms with van der Waals surface area (Å²) in [6.45, 7) is 9.63. The fraction of sp³-hybridized carbons (Fsp3) is 0.281. The van der Waals surface area contributed by atoms with Gasteiger partial charge in [-0.3, -0.25) is 4.79 Å². The smallest absolute Gasteiger partial charge is 0.339 e. The molecular weight excluding hydrogens is 512 g/mol. The molecule has 0 bridgehead atoms. The van der Waals surface area contributed by atoms with Gasteiger partial charge in [0.2, 0.25) is 0 Å². The van der Waals surface area contributed by atoms with Crippen LogP contribution in [0.3, 0.4) is 0 Å². The number of aryl methyl sites for hydroxylation is 1. The summed E-state index contributed by atoms with van der Waals surface area (Å²) in [4.78, 5) is 32.9. The molecule has 1 atom stereocenters. The summed E-state index contributed by atoms with van der Waals surface area (Å²) in [5.41, 5.74) is 4.22. The molecule has 7 heteroatoms. The van der Waals surface area contributed by atoms with Crippen LogP contribution < -0.4 is 4.90 Å². The van der Waals surface area contributed by atoms with Crippen molar-refractivity contribution in [1.29, 1.82) is 0 Å². The van der Waals surface area contributed by atoms with Crippen LogP contribution in [0.15, 0.2) is 72.8 Å². The summed E-state index contributed by atoms with van der Waals surface area (Å²) < 4.78 is 11.8. The lowest BCUT2D eigenvalue weighted by molar-refractivity contribution is -0.166. The Labute approximate surface area is 234 Å². The lowest BCUT2D eigenvalue weighted by atomic mass is 9.88. The average Bonchev–Trinajstić information content (AvgIpc) is 2.90. The van der Waals surface area contributed by atoms with E-state index in [1.54, 1.807) is 37.1 Å². The third kappa shape index (κ3) is 6.29. The fourth-order valence-corrected chi connectivity index (χ4v) is 4.67. The highest BCUT2D eigenvalue weighted by atomic mass is 35.5. The molecule has 0 aliphatic carbocycles. The van der Waals surface area contributed by atoms with Crippen LogP contribution in [0.5, 0.6) is 0 Å². The highest BCUT2D eigenvalue weighted by molar-refractivity contribution is 6.30. The van der Waals surface area contributed by atoms with Crippen molar-refractivity contribution in [3.8, 4) is 11.1 Å². The maximum atomic E-state index is 13.3. The van der Waals surface area contributed by atoms with Crippen LogP contribution >= 0.6 is 11.6 Å². The average molecular weight is 545 g/mol. The third-order valence-electron chi connectivity index (χ3n) is 6.28. The molecule has 0 unspecified atom stereocenters. The molecule has 1 aromatic heterocycles. The van der Waals surface area contributed by atoms with Gasteiger partial charge in [0.1, 0.15) is 5.69 Å². The van der Waals surface area contributed by atoms with E-state index in [-0.39, 0.29) is 12.5 Å². The highest BCUT2D eigenvalue weighted by Gasteiger charge is 2.33. The van der Waals surface area contributed by atoms with E-state index in [4.69, 9.17) is 26.1 Å². The van der Waals surface area contributed by atoms with Crippen molar-refractivity contribution in [2.45, 2.75) is 46.3 Å². The molecule has 0 saturated heterocycles. The summed E-state index contributed by atoms with van der Waals surface area (Å²) in [6.07, 6.45) is -0.967. The van der Waals surface area contributed by atoms with Gasteiger partial charge in [0, 0.05) is 28.7 Å². The zero-order chi connectivity index (χ0) is 28.3. The second kappa shape index (κ2) is 11.6. The second-order valence-corrected chi connectivity index (χ2v) is 10.8. The Bertz CT molecular complexity index is 1500. The van der Waals surface area contributed by atoms with Gasteiger partial charge in [-0.2, -0.15) is 0 Å². The van der Waals surface area contributed by atoms with E-state index in [9.17, 15) is 9.59 Å². The first kappa shape index (κ1) is 28.3. The number of nitrogens with zero attached hydrogens (tertiary/aromatic N) is 2. The molecule has 0 radical (unpaired) electrons. The molecule has 3 aromatic carbocycles. The number of amides is 1. The molecule has 0 N–H and O–H groups in total. The van der Waals surface area contributed by atoms with E-state index in [2.05, 4.69) is 0 Å². The number of hydrogen-bond acceptors (Lipinski definition) is 5. The first-order chi connectivity index (χ1) is 18.5. The van der Waals surface area contributed by atoms with Gasteiger partial charge in [0.15, 0.2) is 6.10 Å². The summed E-state index contributed by atoms with van der Waals surface area (Å²) in [6, 6.07) is 22.3. The molecule has 4 aromatic rings. The van der Waals surface area contributed by atoms with Crippen molar-refractivity contribution in [3.05, 3.63) is 94.6 Å². The number of ether oxygens (including phenoxy) is 2. The molecule has 0 aliphatic heterocycles. The van der Waals surface area contributed by atoms with E-state index < -0.39 is 17.7 Å². The van der Waals surface area contributed by atoms with Gasteiger partial charge in [0.05, 0.1) is 17.7 Å². The number of esters is 1. The van der Waals surface area contributed by atoms with Gasteiger partial charge in [0.25, 0.3) is 5.91 Å². The molecule has 0 spiro atoms. The topological polar surface area (TPSA) is 68.7 Å². The lowest BCUT2D eigenvalue weighted by Gasteiger charge is -2.29. The number of anilines is 1. The number of para-hydroxylation sites is 1. The number of carbonyl (C=O) groups excluding carboxylic acids is 2. The fourth-order valence-electron chi connectivity index (χ4n) is 4.54. The predicted octanol–water partition coefficient (Wildman–Crippen LogP) is 7.56. The SMILES string of the molecule is CCOC(=O)[C@@H](OC(C)(C)C)c1c(C)cc2nc(C(=O)N(C)c3ccccc3)ccc2c1-c1ccc(Cl)cc1. The molecule has 39 heavy (non-hydrogen) atoms. The van der Waals surface area contributed by atoms with Crippen LogP contribution in [-0.4, -0.2) is 36.1 Å². The maximum Gasteiger partial charge on any atom is 0.339 e. The van der Waals surface area contributed by atoms with Crippen molar-refractivity contribution in [3.63, 3.8) is 0 Å². The maximum absolute atomic E-state index is 13.3. The Morgan fingerprint density at radius 2 is 1.67 bits per heavy atom. The Balaban J connectivity index is 1.93. The van der Waals surface area contributed by atoms with Crippen LogP contribution in [0.1, 0.15) is 55.4 Å². The number of pyridine rings is 1. The Kier molecular flexibility index (Phi) is 8.38. The number of aromatic nitrogens is 1. The number of fused-ring (bicyclic) bond motifs is 1. The van der Waals surface area contributed by atoms with Crippen LogP contribution in [0.25, 0.3) is 22.0 Å². The summed E-state index contributed by atoms with van der Waals surface area (Å²) in [7, 11) is 1.73. The zero-order valence-corrected chi connectivity index (χ0v) is 23.9. The lowest BCUT2D eigenvalue weighted by Crippen LogP contribution is -2.29. The summed E-state index contributed by atoms with van der Waals surface area (Å²) in [5, 5.41) is 1.38. The van der Waals surface area contributed by atoms with Crippen LogP contribution in [0.4, 0.5) is 5.69 Å². The minimum absolute atomic E-state index is 0.224. The first-order valence-electron chi connectivity index (χ1n) is 12.9. The predicted molar refractivity (Wildman–Crippen MR) is 156 cm³/mol. The molecule has 0 saturated carbocycles. The van der Waals surface area contributed by atoms with Gasteiger partial charge in [-0.25, -0.2) is 9.78 Å². The van der Waals surface area contributed by atoms with Crippen LogP contribution in [0, 0.1) is 6.92 Å². The van der Waals surface area contributed by atoms with Gasteiger partial charge in [-0.05, 0) is 93.8 Å². The Morgan fingerprint density at radius 3 is 2.28 bits per heavy atom. The van der Waals surface area contributed by atoms with Crippen molar-refractivity contribution >= 4 is 40.1 Å². The largest absolute Gasteiger partial charge is 0.464 e. The van der Waals surface area contributed by atoms with E-state index >= 15 is 0 Å². The molecular formula is C32H33ClN2O4. The Hall–Kier alpha value is -3.74. The van der Waals surface area contributed by atoms with Crippen molar-refractivity contribution < 1.29 is 19.1 Å². The monoisotopic (exact) mass is 544 g/mol. The van der Waals surface area contributed by atoms with E-state index in [1.807, 2.05) is 82.3 Å². The number of rotatable bonds is 7. The Morgan fingerprint density at radius 1 is 1.00 bits per heavy atom. The number of carbonyl (C=O) groups is 2. The molecule has 202 valence electrons. The molecule has 4 rings (SSSR count). The van der Waals surface area contributed by atoms with Crippen molar-refractivity contribution in [2.75, 3.05) is 18.6 Å². The molecule has 0 fully saturated rings. The molecule has 6 nitrogen and oxygen atoms in total. The minimum atomic E-state index is -0.967. The minimum Gasteiger partial charge on any atom is -0.464 e. The van der Waals surface area contributed by atoms with Crippen LogP contribution in [0.2, 0.25) is 5.02 Å². The van der Waals surface area contributed by atoms with E-state index in [1.165, 1.54) is 0 Å². The first-order valence-corrected chi connectivity index (χ1v) is 13.3. The molecule has 1 heterocycles. The van der Waals surface area contributed by atoms with Gasteiger partial charge in [-0.1, -0.05) is 41.9 Å². The second-order valence-electron chi connectivity index (χ2n) is 10.3. The number of halogens is 1. The standard InChI is InChI=1S/C32H33ClN2O4/c1-7-38-31(37)29(39-32(3,4)5)27-20(2)19-26-24(28(27)21-13-15-22(33)16-14-21)17-18-25(34-26)30(36)35(6)23-11-9-8-10-12-23/h8-19,29H,7H2,1-6H3/t29-/m0/s1. The number of benzene rings is 3. The zero-order valence-electron chi connectivity index (χ0n) is 23.1. The summed E-state index contributed by atoms with van der Waals surface area (Å²) >= 11 is 6.21. The van der Waals surface area contributed by atoms with Crippen LogP contribution in [-0.2, 0) is 14.3 Å². The molecule has 0 aliphatic rings. The van der Waals surface area contributed by atoms with Gasteiger partial charge in [-0.15, -0.1) is 0 Å². The van der Waals surface area contributed by atoms with Crippen molar-refractivity contribution in [2.24, 2.45) is 0 Å². The van der Waals surface area contributed by atoms with Crippen molar-refractivity contribution in [1.82, 2.24) is 4.98 Å². The third-order valence-corrected chi connectivity index (χ3v) is 6.53. The molecule has 1 amide bonds. The van der Waals surface area contributed by atoms with Gasteiger partial charge < -0.3 is 14.4 Å². The van der Waals surface area contributed by atoms with E-state index in [0.717, 1.165) is 27.8 Å². The normalized spacial score (nSPS) is 12.3. The quantitative estimate of drug-likeness (QED) is 0.224.